The average Bonchev–Trinajstić information content (AvgIpc) is 3.02. The first-order valence-corrected chi connectivity index (χ1v) is 9.89. The van der Waals surface area contributed by atoms with Crippen LogP contribution in [0.25, 0.3) is 0 Å². The van der Waals surface area contributed by atoms with Crippen LogP contribution in [0.4, 0.5) is 10.1 Å². The summed E-state index contributed by atoms with van der Waals surface area (Å²) < 4.78 is 15.1. The van der Waals surface area contributed by atoms with Gasteiger partial charge in [-0.1, -0.05) is 19.9 Å². The number of nitriles is 1. The predicted molar refractivity (Wildman–Crippen MR) is 104 cm³/mol. The number of hydrogen-bond donors (Lipinski definition) is 0. The van der Waals surface area contributed by atoms with Crippen LogP contribution in [0.2, 0.25) is 0 Å². The number of benzene rings is 1. The lowest BCUT2D eigenvalue weighted by Crippen LogP contribution is -2.46. The predicted octanol–water partition coefficient (Wildman–Crippen LogP) is 3.98. The second-order valence-electron chi connectivity index (χ2n) is 7.27. The van der Waals surface area contributed by atoms with Gasteiger partial charge in [0.1, 0.15) is 11.1 Å². The van der Waals surface area contributed by atoms with Crippen molar-refractivity contribution in [1.82, 2.24) is 9.88 Å². The maximum atomic E-state index is 15.1. The Labute approximate surface area is 158 Å². The van der Waals surface area contributed by atoms with E-state index < -0.39 is 0 Å². The maximum absolute atomic E-state index is 15.1. The number of anilines is 1. The third-order valence-corrected chi connectivity index (χ3v) is 5.56. The van der Waals surface area contributed by atoms with E-state index in [-0.39, 0.29) is 5.82 Å². The summed E-state index contributed by atoms with van der Waals surface area (Å²) in [6.07, 6.45) is 2.60. The Bertz CT molecular complexity index is 801. The summed E-state index contributed by atoms with van der Waals surface area (Å²) in [5.41, 5.74) is 1.61. The Balaban J connectivity index is 1.73. The van der Waals surface area contributed by atoms with Gasteiger partial charge in [-0.25, -0.2) is 9.37 Å². The molecule has 1 aromatic heterocycles. The van der Waals surface area contributed by atoms with Gasteiger partial charge in [0.05, 0.1) is 17.8 Å². The smallest absolute Gasteiger partial charge is 0.151 e. The molecule has 6 heteroatoms. The Morgan fingerprint density at radius 3 is 2.58 bits per heavy atom. The van der Waals surface area contributed by atoms with Gasteiger partial charge in [-0.05, 0) is 30.9 Å². The molecule has 0 N–H and O–H groups in total. The van der Waals surface area contributed by atoms with E-state index in [1.165, 1.54) is 4.88 Å². The minimum Gasteiger partial charge on any atom is -0.366 e. The lowest BCUT2D eigenvalue weighted by Gasteiger charge is -2.36. The molecule has 1 aliphatic rings. The average molecular weight is 373 g/mol. The number of aryl methyl sites for hydroxylation is 1. The molecule has 0 atom stereocenters. The van der Waals surface area contributed by atoms with Crippen LogP contribution < -0.4 is 4.90 Å². The van der Waals surface area contributed by atoms with Gasteiger partial charge in [-0.15, -0.1) is 11.3 Å². The van der Waals surface area contributed by atoms with E-state index in [0.717, 1.165) is 37.7 Å². The van der Waals surface area contributed by atoms with Crippen LogP contribution in [0.5, 0.6) is 0 Å². The van der Waals surface area contributed by atoms with Crippen LogP contribution in [-0.2, 0) is 13.0 Å². The monoisotopic (exact) mass is 372 g/mol. The van der Waals surface area contributed by atoms with Crippen molar-refractivity contribution >= 4 is 17.0 Å². The van der Waals surface area contributed by atoms with Crippen molar-refractivity contribution < 1.29 is 4.39 Å². The number of thiazole rings is 1. The van der Waals surface area contributed by atoms with Crippen molar-refractivity contribution in [2.24, 2.45) is 5.92 Å². The van der Waals surface area contributed by atoms with Gasteiger partial charge < -0.3 is 4.90 Å². The van der Waals surface area contributed by atoms with Crippen molar-refractivity contribution in [2.75, 3.05) is 31.1 Å². The number of halogens is 1. The summed E-state index contributed by atoms with van der Waals surface area (Å²) in [4.78, 5) is 10.0. The minimum absolute atomic E-state index is 0.221. The molecular formula is C20H25FN4S. The molecule has 1 fully saturated rings. The quantitative estimate of drug-likeness (QED) is 0.796. The highest BCUT2D eigenvalue weighted by molar-refractivity contribution is 7.11. The zero-order chi connectivity index (χ0) is 18.7. The molecule has 1 aromatic carbocycles. The van der Waals surface area contributed by atoms with Crippen LogP contribution >= 0.6 is 11.3 Å². The standard InChI is InChI=1S/C20H25FN4S/c1-14(2)10-16-4-5-17(11-22)20(19(16)21)25-8-6-24(7-9-25)13-18-23-12-15(3)26-18/h4-5,12,14H,6-10,13H2,1-3H3. The number of nitrogens with zero attached hydrogens (tertiary/aromatic N) is 4. The highest BCUT2D eigenvalue weighted by Crippen LogP contribution is 2.29. The van der Waals surface area contributed by atoms with Crippen molar-refractivity contribution in [3.63, 3.8) is 0 Å². The number of hydrogen-bond acceptors (Lipinski definition) is 5. The highest BCUT2D eigenvalue weighted by atomic mass is 32.1. The number of rotatable bonds is 5. The van der Waals surface area contributed by atoms with E-state index in [1.54, 1.807) is 23.5 Å². The zero-order valence-electron chi connectivity index (χ0n) is 15.6. The fourth-order valence-corrected chi connectivity index (χ4v) is 4.23. The first-order chi connectivity index (χ1) is 12.5. The molecule has 0 unspecified atom stereocenters. The Hall–Kier alpha value is -1.97. The normalized spacial score (nSPS) is 15.5. The van der Waals surface area contributed by atoms with E-state index >= 15 is 4.39 Å². The summed E-state index contributed by atoms with van der Waals surface area (Å²) in [6.45, 7) is 10.2. The van der Waals surface area contributed by atoms with E-state index in [2.05, 4.69) is 36.7 Å². The molecule has 1 saturated heterocycles. The first kappa shape index (κ1) is 18.8. The van der Waals surface area contributed by atoms with Gasteiger partial charge in [-0.2, -0.15) is 5.26 Å². The van der Waals surface area contributed by atoms with Crippen molar-refractivity contribution in [2.45, 2.75) is 33.7 Å². The van der Waals surface area contributed by atoms with Crippen molar-refractivity contribution in [1.29, 1.82) is 5.26 Å². The van der Waals surface area contributed by atoms with Crippen LogP contribution in [0, 0.1) is 30.0 Å². The van der Waals surface area contributed by atoms with E-state index in [9.17, 15) is 5.26 Å². The highest BCUT2D eigenvalue weighted by Gasteiger charge is 2.24. The molecular weight excluding hydrogens is 347 g/mol. The van der Waals surface area contributed by atoms with Gasteiger partial charge in [0.25, 0.3) is 0 Å². The molecule has 0 spiro atoms. The van der Waals surface area contributed by atoms with Crippen molar-refractivity contribution in [3.8, 4) is 6.07 Å². The molecule has 4 nitrogen and oxygen atoms in total. The van der Waals surface area contributed by atoms with Gasteiger partial charge in [0, 0.05) is 37.3 Å². The Morgan fingerprint density at radius 1 is 1.27 bits per heavy atom. The van der Waals surface area contributed by atoms with Crippen LogP contribution in [0.1, 0.15) is 34.9 Å². The third-order valence-electron chi connectivity index (χ3n) is 4.66. The molecule has 0 saturated carbocycles. The van der Waals surface area contributed by atoms with E-state index in [0.29, 0.717) is 29.2 Å². The molecule has 2 heterocycles. The van der Waals surface area contributed by atoms with Gasteiger partial charge in [0.15, 0.2) is 5.82 Å². The van der Waals surface area contributed by atoms with Crippen LogP contribution in [-0.4, -0.2) is 36.1 Å². The summed E-state index contributed by atoms with van der Waals surface area (Å²) in [6, 6.07) is 5.69. The van der Waals surface area contributed by atoms with E-state index in [4.69, 9.17) is 0 Å². The molecule has 0 bridgehead atoms. The molecule has 2 aromatic rings. The molecule has 0 amide bonds. The fourth-order valence-electron chi connectivity index (χ4n) is 3.40. The molecule has 0 aliphatic carbocycles. The summed E-state index contributed by atoms with van der Waals surface area (Å²) in [5, 5.41) is 10.6. The molecule has 1 aliphatic heterocycles. The molecule has 26 heavy (non-hydrogen) atoms. The fraction of sp³-hybridized carbons (Fsp3) is 0.500. The summed E-state index contributed by atoms with van der Waals surface area (Å²) >= 11 is 1.73. The zero-order valence-corrected chi connectivity index (χ0v) is 16.4. The molecule has 3 rings (SSSR count). The van der Waals surface area contributed by atoms with Gasteiger partial charge in [0.2, 0.25) is 0 Å². The first-order valence-electron chi connectivity index (χ1n) is 9.08. The molecule has 0 radical (unpaired) electrons. The Kier molecular flexibility index (Phi) is 5.90. The number of aromatic nitrogens is 1. The maximum Gasteiger partial charge on any atom is 0.151 e. The van der Waals surface area contributed by atoms with Gasteiger partial charge in [-0.3, -0.25) is 4.90 Å². The second-order valence-corrected chi connectivity index (χ2v) is 8.59. The SMILES string of the molecule is Cc1cnc(CN2CCN(c3c(C#N)ccc(CC(C)C)c3F)CC2)s1. The number of piperazine rings is 1. The summed E-state index contributed by atoms with van der Waals surface area (Å²) in [7, 11) is 0. The molecule has 138 valence electrons. The van der Waals surface area contributed by atoms with E-state index in [1.807, 2.05) is 11.1 Å². The lowest BCUT2D eigenvalue weighted by molar-refractivity contribution is 0.249. The third kappa shape index (κ3) is 4.22. The lowest BCUT2D eigenvalue weighted by atomic mass is 9.99. The largest absolute Gasteiger partial charge is 0.366 e. The van der Waals surface area contributed by atoms with Crippen molar-refractivity contribution in [3.05, 3.63) is 45.2 Å². The minimum atomic E-state index is -0.221. The van der Waals surface area contributed by atoms with Crippen LogP contribution in [0.15, 0.2) is 18.3 Å². The Morgan fingerprint density at radius 2 is 2.00 bits per heavy atom. The van der Waals surface area contributed by atoms with Gasteiger partial charge >= 0.3 is 0 Å². The summed E-state index contributed by atoms with van der Waals surface area (Å²) in [5.74, 6) is 0.158. The van der Waals surface area contributed by atoms with Crippen LogP contribution in [0.3, 0.4) is 0 Å². The second kappa shape index (κ2) is 8.15. The topological polar surface area (TPSA) is 43.2 Å².